The van der Waals surface area contributed by atoms with Gasteiger partial charge in [0.25, 0.3) is 11.5 Å². The maximum Gasteiger partial charge on any atom is 0.265 e. The average Bonchev–Trinajstić information content (AvgIpc) is 3.51. The molecule has 0 aliphatic carbocycles. The number of benzene rings is 2. The fourth-order valence-corrected chi connectivity index (χ4v) is 7.04. The van der Waals surface area contributed by atoms with Crippen LogP contribution in [0.1, 0.15) is 74.1 Å². The first-order chi connectivity index (χ1) is 20.8. The third kappa shape index (κ3) is 6.35. The van der Waals surface area contributed by atoms with Gasteiger partial charge in [0.2, 0.25) is 0 Å². The van der Waals surface area contributed by atoms with Gasteiger partial charge in [0.1, 0.15) is 5.01 Å². The predicted octanol–water partition coefficient (Wildman–Crippen LogP) is 7.59. The second-order valence-corrected chi connectivity index (χ2v) is 13.0. The first-order valence-corrected chi connectivity index (χ1v) is 16.6. The zero-order valence-corrected chi connectivity index (χ0v) is 27.0. The molecule has 1 unspecified atom stereocenters. The van der Waals surface area contributed by atoms with E-state index in [1.54, 1.807) is 6.07 Å². The molecule has 0 saturated carbocycles. The number of pyridine rings is 1. The molecule has 4 aromatic rings. The summed E-state index contributed by atoms with van der Waals surface area (Å²) < 4.78 is 1.82. The van der Waals surface area contributed by atoms with E-state index in [1.807, 2.05) is 45.2 Å². The second-order valence-electron chi connectivity index (χ2n) is 11.7. The number of para-hydroxylation sites is 1. The first kappa shape index (κ1) is 31.2. The molecule has 1 fully saturated rings. The number of thiazole rings is 1. The lowest BCUT2D eigenvalue weighted by atomic mass is 9.95. The Kier molecular flexibility index (Phi) is 9.85. The number of carbonyl (C=O) groups excluding carboxylic acids is 1. The Labute approximate surface area is 263 Å². The molecule has 43 heavy (non-hydrogen) atoms. The van der Waals surface area contributed by atoms with Crippen molar-refractivity contribution in [3.63, 3.8) is 0 Å². The summed E-state index contributed by atoms with van der Waals surface area (Å²) in [5.74, 6) is 0.0687. The van der Waals surface area contributed by atoms with E-state index in [4.69, 9.17) is 16.6 Å². The van der Waals surface area contributed by atoms with Gasteiger partial charge in [0.15, 0.2) is 0 Å². The summed E-state index contributed by atoms with van der Waals surface area (Å²) in [6.07, 6.45) is 4.70. The smallest absolute Gasteiger partial charge is 0.265 e. The van der Waals surface area contributed by atoms with E-state index in [-0.39, 0.29) is 30.0 Å². The number of amides is 1. The fraction of sp³-hybridized carbons (Fsp3) is 0.400. The summed E-state index contributed by atoms with van der Waals surface area (Å²) in [7, 11) is 0. The van der Waals surface area contributed by atoms with Gasteiger partial charge in [-0.15, -0.1) is 11.3 Å². The molecule has 1 N–H and O–H groups in total. The predicted molar refractivity (Wildman–Crippen MR) is 177 cm³/mol. The van der Waals surface area contributed by atoms with Gasteiger partial charge < -0.3 is 10.0 Å². The third-order valence-corrected chi connectivity index (χ3v) is 9.42. The lowest BCUT2D eigenvalue weighted by Gasteiger charge is -2.35. The van der Waals surface area contributed by atoms with Crippen LogP contribution >= 0.6 is 22.9 Å². The minimum atomic E-state index is -0.234. The van der Waals surface area contributed by atoms with Crippen molar-refractivity contribution in [2.45, 2.75) is 72.3 Å². The van der Waals surface area contributed by atoms with Gasteiger partial charge in [-0.3, -0.25) is 14.2 Å². The minimum Gasteiger partial charge on any atom is -0.394 e. The number of hydrogen-bond acceptors (Lipinski definition) is 5. The molecule has 0 radical (unpaired) electrons. The molecule has 3 heterocycles. The Morgan fingerprint density at radius 3 is 2.42 bits per heavy atom. The maximum absolute atomic E-state index is 14.7. The Morgan fingerprint density at radius 1 is 1.09 bits per heavy atom. The van der Waals surface area contributed by atoms with E-state index in [1.165, 1.54) is 11.3 Å². The van der Waals surface area contributed by atoms with Crippen LogP contribution in [0, 0.1) is 5.92 Å². The van der Waals surface area contributed by atoms with E-state index in [0.29, 0.717) is 34.1 Å². The van der Waals surface area contributed by atoms with E-state index in [2.05, 4.69) is 39.8 Å². The number of aromatic nitrogens is 2. The van der Waals surface area contributed by atoms with Crippen molar-refractivity contribution in [2.24, 2.45) is 5.92 Å². The normalized spacial score (nSPS) is 15.3. The quantitative estimate of drug-likeness (QED) is 0.210. The number of likely N-dealkylation sites (tertiary alicyclic amines) is 1. The van der Waals surface area contributed by atoms with Gasteiger partial charge >= 0.3 is 0 Å². The van der Waals surface area contributed by atoms with Crippen molar-refractivity contribution >= 4 is 28.8 Å². The molecule has 1 saturated heterocycles. The molecule has 1 amide bonds. The highest BCUT2D eigenvalue weighted by atomic mass is 35.5. The van der Waals surface area contributed by atoms with Crippen molar-refractivity contribution in [3.8, 4) is 27.5 Å². The largest absolute Gasteiger partial charge is 0.394 e. The van der Waals surface area contributed by atoms with Gasteiger partial charge in [-0.25, -0.2) is 4.98 Å². The monoisotopic (exact) mass is 617 g/mol. The number of hydrogen-bond donors (Lipinski definition) is 1. The van der Waals surface area contributed by atoms with Crippen LogP contribution in [0.4, 0.5) is 0 Å². The summed E-state index contributed by atoms with van der Waals surface area (Å²) in [5, 5.41) is 13.3. The van der Waals surface area contributed by atoms with Gasteiger partial charge in [-0.1, -0.05) is 69.6 Å². The summed E-state index contributed by atoms with van der Waals surface area (Å²) in [6, 6.07) is 15.2. The standard InChI is InChI=1S/C35H40ClN3O3S/c1-5-23-10-9-11-24(6-2)32(23)39-31(18-22(3)4)28(34(41)38-17-8-7-12-27(38)20-40)19-29(35(39)42)33-37-30(21-43-33)25-13-15-26(36)16-14-25/h9-11,13-16,19,21-22,27,40H,5-8,12,17-18,20H2,1-4H3. The zero-order valence-electron chi connectivity index (χ0n) is 25.4. The van der Waals surface area contributed by atoms with E-state index >= 15 is 0 Å². The van der Waals surface area contributed by atoms with Crippen LogP contribution in [0.15, 0.2) is 58.7 Å². The van der Waals surface area contributed by atoms with Crippen LogP contribution < -0.4 is 5.56 Å². The highest BCUT2D eigenvalue weighted by Crippen LogP contribution is 2.33. The molecule has 1 atom stereocenters. The molecule has 8 heteroatoms. The number of rotatable bonds is 9. The second kappa shape index (κ2) is 13.6. The van der Waals surface area contributed by atoms with E-state index in [9.17, 15) is 14.7 Å². The van der Waals surface area contributed by atoms with Gasteiger partial charge in [0, 0.05) is 28.2 Å². The maximum atomic E-state index is 14.7. The van der Waals surface area contributed by atoms with Crippen molar-refractivity contribution in [2.75, 3.05) is 13.2 Å². The molecule has 2 aromatic carbocycles. The molecule has 6 nitrogen and oxygen atoms in total. The molecular formula is C35H40ClN3O3S. The van der Waals surface area contributed by atoms with Crippen LogP contribution in [-0.2, 0) is 19.3 Å². The van der Waals surface area contributed by atoms with Gasteiger partial charge in [0.05, 0.1) is 35.2 Å². The van der Waals surface area contributed by atoms with Crippen LogP contribution in [0.25, 0.3) is 27.5 Å². The average molecular weight is 618 g/mol. The Balaban J connectivity index is 1.81. The van der Waals surface area contributed by atoms with E-state index < -0.39 is 0 Å². The number of nitrogens with zero attached hydrogens (tertiary/aromatic N) is 3. The highest BCUT2D eigenvalue weighted by molar-refractivity contribution is 7.13. The summed E-state index contributed by atoms with van der Waals surface area (Å²) in [4.78, 5) is 35.9. The fourth-order valence-electron chi connectivity index (χ4n) is 6.08. The van der Waals surface area contributed by atoms with Crippen molar-refractivity contribution in [1.29, 1.82) is 0 Å². The Bertz CT molecular complexity index is 1640. The molecule has 0 spiro atoms. The first-order valence-electron chi connectivity index (χ1n) is 15.3. The SMILES string of the molecule is CCc1cccc(CC)c1-n1c(CC(C)C)c(C(=O)N2CCCCC2CO)cc(-c2nc(-c3ccc(Cl)cc3)cs2)c1=O. The number of carbonyl (C=O) groups is 1. The highest BCUT2D eigenvalue weighted by Gasteiger charge is 2.32. The molecule has 1 aliphatic rings. The molecule has 0 bridgehead atoms. The summed E-state index contributed by atoms with van der Waals surface area (Å²) in [6.45, 7) is 8.93. The summed E-state index contributed by atoms with van der Waals surface area (Å²) >= 11 is 7.51. The van der Waals surface area contributed by atoms with Gasteiger partial charge in [-0.05, 0) is 73.8 Å². The molecule has 5 rings (SSSR count). The topological polar surface area (TPSA) is 75.4 Å². The number of aryl methyl sites for hydroxylation is 2. The lowest BCUT2D eigenvalue weighted by Crippen LogP contribution is -2.46. The summed E-state index contributed by atoms with van der Waals surface area (Å²) in [5.41, 5.74) is 6.13. The Morgan fingerprint density at radius 2 is 1.79 bits per heavy atom. The van der Waals surface area contributed by atoms with E-state index in [0.717, 1.165) is 65.9 Å². The molecule has 226 valence electrons. The van der Waals surface area contributed by atoms with Crippen molar-refractivity contribution < 1.29 is 9.90 Å². The molecule has 1 aliphatic heterocycles. The number of halogens is 1. The van der Waals surface area contributed by atoms with Crippen molar-refractivity contribution in [3.05, 3.63) is 91.7 Å². The van der Waals surface area contributed by atoms with Gasteiger partial charge in [-0.2, -0.15) is 0 Å². The van der Waals surface area contributed by atoms with Crippen LogP contribution in [0.2, 0.25) is 5.02 Å². The molecule has 2 aromatic heterocycles. The zero-order chi connectivity index (χ0) is 30.7. The molecular weight excluding hydrogens is 578 g/mol. The number of aliphatic hydroxyl groups is 1. The van der Waals surface area contributed by atoms with Crippen LogP contribution in [0.5, 0.6) is 0 Å². The minimum absolute atomic E-state index is 0.0761. The number of aliphatic hydroxyl groups excluding tert-OH is 1. The van der Waals surface area contributed by atoms with Crippen LogP contribution in [0.3, 0.4) is 0 Å². The van der Waals surface area contributed by atoms with Crippen molar-refractivity contribution in [1.82, 2.24) is 14.5 Å². The Hall–Kier alpha value is -3.26. The van der Waals surface area contributed by atoms with Crippen LogP contribution in [-0.4, -0.2) is 44.7 Å². The lowest BCUT2D eigenvalue weighted by molar-refractivity contribution is 0.0501. The third-order valence-electron chi connectivity index (χ3n) is 8.30. The number of piperidine rings is 1.